The van der Waals surface area contributed by atoms with Gasteiger partial charge in [0.1, 0.15) is 5.82 Å². The van der Waals surface area contributed by atoms with E-state index in [2.05, 4.69) is 15.9 Å². The first-order valence-corrected chi connectivity index (χ1v) is 8.17. The molecule has 0 saturated carbocycles. The van der Waals surface area contributed by atoms with E-state index in [1.807, 2.05) is 0 Å². The number of alkyl halides is 4. The Bertz CT molecular complexity index is 584. The lowest BCUT2D eigenvalue weighted by Crippen LogP contribution is -2.25. The van der Waals surface area contributed by atoms with Gasteiger partial charge < -0.3 is 0 Å². The van der Waals surface area contributed by atoms with Crippen molar-refractivity contribution < 1.29 is 26.0 Å². The van der Waals surface area contributed by atoms with Crippen LogP contribution >= 0.6 is 15.9 Å². The van der Waals surface area contributed by atoms with Gasteiger partial charge in [0, 0.05) is 4.83 Å². The molecule has 0 radical (unpaired) electrons. The number of rotatable bonds is 4. The molecule has 2 atom stereocenters. The summed E-state index contributed by atoms with van der Waals surface area (Å²) in [6.45, 7) is 3.39. The van der Waals surface area contributed by atoms with Crippen molar-refractivity contribution in [2.45, 2.75) is 41.4 Å². The van der Waals surface area contributed by atoms with Gasteiger partial charge in [-0.05, 0) is 30.0 Å². The molecule has 0 amide bonds. The van der Waals surface area contributed by atoms with E-state index in [4.69, 9.17) is 0 Å². The van der Waals surface area contributed by atoms with Crippen LogP contribution in [0.1, 0.15) is 31.7 Å². The molecule has 1 aromatic carbocycles. The summed E-state index contributed by atoms with van der Waals surface area (Å²) in [5, 5.41) is 0. The standard InChI is InChI=1S/C12H13BrF4O2S/c1-3-10(13)7(2)9-5-4-8(14)6-11(9)20(18,19)12(15,16)17/h4-7,10H,3H2,1-2H3. The summed E-state index contributed by atoms with van der Waals surface area (Å²) in [5.41, 5.74) is -5.50. The highest BCUT2D eigenvalue weighted by atomic mass is 79.9. The van der Waals surface area contributed by atoms with Crippen molar-refractivity contribution >= 4 is 25.8 Å². The van der Waals surface area contributed by atoms with E-state index in [9.17, 15) is 26.0 Å². The first-order chi connectivity index (χ1) is 9.02. The summed E-state index contributed by atoms with van der Waals surface area (Å²) in [6, 6.07) is 2.46. The molecule has 1 aromatic rings. The molecule has 0 N–H and O–H groups in total. The number of benzene rings is 1. The van der Waals surface area contributed by atoms with Gasteiger partial charge in [-0.1, -0.05) is 35.8 Å². The molecule has 0 bridgehead atoms. The van der Waals surface area contributed by atoms with Crippen LogP contribution in [0.25, 0.3) is 0 Å². The third-order valence-electron chi connectivity index (χ3n) is 2.99. The van der Waals surface area contributed by atoms with Crippen LogP contribution in [0.5, 0.6) is 0 Å². The second kappa shape index (κ2) is 6.01. The summed E-state index contributed by atoms with van der Waals surface area (Å²) < 4.78 is 74.2. The predicted molar refractivity (Wildman–Crippen MR) is 71.1 cm³/mol. The molecule has 0 saturated heterocycles. The lowest BCUT2D eigenvalue weighted by atomic mass is 9.96. The van der Waals surface area contributed by atoms with Gasteiger partial charge in [0.2, 0.25) is 0 Å². The van der Waals surface area contributed by atoms with Gasteiger partial charge in [-0.15, -0.1) is 0 Å². The van der Waals surface area contributed by atoms with E-state index in [0.717, 1.165) is 12.1 Å². The summed E-state index contributed by atoms with van der Waals surface area (Å²) >= 11 is 3.28. The number of hydrogen-bond acceptors (Lipinski definition) is 2. The Morgan fingerprint density at radius 1 is 1.30 bits per heavy atom. The molecule has 114 valence electrons. The van der Waals surface area contributed by atoms with E-state index in [-0.39, 0.29) is 10.4 Å². The van der Waals surface area contributed by atoms with Gasteiger partial charge in [0.05, 0.1) is 4.90 Å². The monoisotopic (exact) mass is 376 g/mol. The summed E-state index contributed by atoms with van der Waals surface area (Å²) in [4.78, 5) is -1.23. The Morgan fingerprint density at radius 2 is 1.85 bits per heavy atom. The molecular weight excluding hydrogens is 364 g/mol. The molecule has 2 unspecified atom stereocenters. The maximum atomic E-state index is 13.2. The van der Waals surface area contributed by atoms with Gasteiger partial charge in [0.25, 0.3) is 9.84 Å². The average molecular weight is 377 g/mol. The normalized spacial score (nSPS) is 15.9. The van der Waals surface area contributed by atoms with E-state index in [0.29, 0.717) is 12.5 Å². The first kappa shape index (κ1) is 17.4. The van der Waals surface area contributed by atoms with Crippen LogP contribution in [-0.2, 0) is 9.84 Å². The van der Waals surface area contributed by atoms with Crippen LogP contribution in [0.3, 0.4) is 0 Å². The Balaban J connectivity index is 3.51. The molecule has 20 heavy (non-hydrogen) atoms. The zero-order valence-electron chi connectivity index (χ0n) is 10.7. The first-order valence-electron chi connectivity index (χ1n) is 5.77. The zero-order valence-corrected chi connectivity index (χ0v) is 13.1. The molecular formula is C12H13BrF4O2S. The molecule has 0 aromatic heterocycles. The van der Waals surface area contributed by atoms with Gasteiger partial charge >= 0.3 is 5.51 Å². The number of hydrogen-bond donors (Lipinski definition) is 0. The van der Waals surface area contributed by atoms with E-state index >= 15 is 0 Å². The highest BCUT2D eigenvalue weighted by Gasteiger charge is 2.48. The third-order valence-corrected chi connectivity index (χ3v) is 5.98. The highest BCUT2D eigenvalue weighted by molar-refractivity contribution is 9.09. The summed E-state index contributed by atoms with van der Waals surface area (Å²) in [5.74, 6) is -1.53. The maximum Gasteiger partial charge on any atom is 0.501 e. The quantitative estimate of drug-likeness (QED) is 0.576. The van der Waals surface area contributed by atoms with Crippen molar-refractivity contribution in [1.29, 1.82) is 0 Å². The minimum Gasteiger partial charge on any atom is -0.214 e. The fourth-order valence-electron chi connectivity index (χ4n) is 1.79. The summed E-state index contributed by atoms with van der Waals surface area (Å²) in [6.07, 6.45) is 0.587. The zero-order chi connectivity index (χ0) is 15.7. The van der Waals surface area contributed by atoms with E-state index in [1.165, 1.54) is 0 Å². The van der Waals surface area contributed by atoms with E-state index in [1.54, 1.807) is 13.8 Å². The van der Waals surface area contributed by atoms with Crippen LogP contribution in [-0.4, -0.2) is 18.8 Å². The Morgan fingerprint density at radius 3 is 2.30 bits per heavy atom. The fourth-order valence-corrected chi connectivity index (χ4v) is 3.16. The molecule has 0 aliphatic rings. The SMILES string of the molecule is CCC(Br)C(C)c1ccc(F)cc1S(=O)(=O)C(F)(F)F. The van der Waals surface area contributed by atoms with Gasteiger partial charge in [-0.25, -0.2) is 12.8 Å². The van der Waals surface area contributed by atoms with Crippen LogP contribution in [0.15, 0.2) is 23.1 Å². The molecule has 0 aliphatic heterocycles. The highest BCUT2D eigenvalue weighted by Crippen LogP contribution is 2.37. The number of sulfone groups is 1. The Hall–Kier alpha value is -0.630. The van der Waals surface area contributed by atoms with Gasteiger partial charge in [-0.3, -0.25) is 0 Å². The topological polar surface area (TPSA) is 34.1 Å². The molecule has 1 rings (SSSR count). The van der Waals surface area contributed by atoms with Crippen LogP contribution in [0.4, 0.5) is 17.6 Å². The third kappa shape index (κ3) is 3.33. The number of halogens is 5. The summed E-state index contributed by atoms with van der Waals surface area (Å²) in [7, 11) is -5.58. The minimum absolute atomic E-state index is 0.0487. The Kier molecular flexibility index (Phi) is 5.23. The van der Waals surface area contributed by atoms with Gasteiger partial charge in [-0.2, -0.15) is 13.2 Å². The van der Waals surface area contributed by atoms with Crippen molar-refractivity contribution in [1.82, 2.24) is 0 Å². The average Bonchev–Trinajstić information content (AvgIpc) is 2.35. The molecule has 0 aliphatic carbocycles. The Labute approximate surface area is 123 Å². The van der Waals surface area contributed by atoms with Crippen molar-refractivity contribution in [2.24, 2.45) is 0 Å². The van der Waals surface area contributed by atoms with Crippen LogP contribution in [0, 0.1) is 5.82 Å². The second-order valence-electron chi connectivity index (χ2n) is 4.34. The van der Waals surface area contributed by atoms with Crippen LogP contribution in [0.2, 0.25) is 0 Å². The molecule has 0 fully saturated rings. The fraction of sp³-hybridized carbons (Fsp3) is 0.500. The van der Waals surface area contributed by atoms with Gasteiger partial charge in [0.15, 0.2) is 0 Å². The van der Waals surface area contributed by atoms with Crippen LogP contribution < -0.4 is 0 Å². The van der Waals surface area contributed by atoms with Crippen molar-refractivity contribution in [3.8, 4) is 0 Å². The van der Waals surface area contributed by atoms with Crippen molar-refractivity contribution in [3.63, 3.8) is 0 Å². The maximum absolute atomic E-state index is 13.2. The predicted octanol–water partition coefficient (Wildman–Crippen LogP) is 4.40. The lowest BCUT2D eigenvalue weighted by molar-refractivity contribution is -0.0436. The second-order valence-corrected chi connectivity index (χ2v) is 7.43. The molecule has 0 spiro atoms. The molecule has 0 heterocycles. The molecule has 2 nitrogen and oxygen atoms in total. The smallest absolute Gasteiger partial charge is 0.214 e. The lowest BCUT2D eigenvalue weighted by Gasteiger charge is -2.21. The molecule has 8 heteroatoms. The minimum atomic E-state index is -5.58. The largest absolute Gasteiger partial charge is 0.501 e. The van der Waals surface area contributed by atoms with Crippen molar-refractivity contribution in [3.05, 3.63) is 29.6 Å². The van der Waals surface area contributed by atoms with Crippen molar-refractivity contribution in [2.75, 3.05) is 0 Å². The van der Waals surface area contributed by atoms with E-state index < -0.39 is 32.0 Å².